The number of nitrogens with one attached hydrogen (secondary N) is 1. The molecule has 0 atom stereocenters. The first-order valence-electron chi connectivity index (χ1n) is 6.79. The average molecular weight is 316 g/mol. The predicted molar refractivity (Wildman–Crippen MR) is 85.3 cm³/mol. The molecule has 6 nitrogen and oxygen atoms in total. The van der Waals surface area contributed by atoms with Gasteiger partial charge in [-0.15, -0.1) is 11.3 Å². The van der Waals surface area contributed by atoms with Crippen molar-refractivity contribution in [2.45, 2.75) is 20.8 Å². The van der Waals surface area contributed by atoms with Gasteiger partial charge in [-0.1, -0.05) is 5.16 Å². The highest BCUT2D eigenvalue weighted by Crippen LogP contribution is 2.26. The van der Waals surface area contributed by atoms with Crippen molar-refractivity contribution in [2.24, 2.45) is 0 Å². The second-order valence-electron chi connectivity index (χ2n) is 5.09. The fraction of sp³-hybridized carbons (Fsp3) is 0.267. The highest BCUT2D eigenvalue weighted by atomic mass is 32.1. The minimum Gasteiger partial charge on any atom is -0.359 e. The van der Waals surface area contributed by atoms with E-state index in [1.165, 1.54) is 0 Å². The first-order chi connectivity index (χ1) is 10.5. The number of carbonyl (C=O) groups is 1. The number of rotatable bonds is 3. The Balaban J connectivity index is 1.88. The van der Waals surface area contributed by atoms with Crippen LogP contribution in [0.5, 0.6) is 0 Å². The number of hydrogen-bond donors (Lipinski definition) is 1. The molecule has 114 valence electrons. The lowest BCUT2D eigenvalue weighted by Gasteiger charge is -2.15. The van der Waals surface area contributed by atoms with E-state index >= 15 is 0 Å². The standard InChI is InChI=1S/C15H16N4O2S/c1-8-14(9(2)21-18-8)19(4)15(20)12-5-11(6-16-12)13-7-22-10(3)17-13/h5-7,16H,1-4H3. The van der Waals surface area contributed by atoms with Gasteiger partial charge in [0.1, 0.15) is 17.1 Å². The van der Waals surface area contributed by atoms with Crippen molar-refractivity contribution in [3.05, 3.63) is 39.8 Å². The van der Waals surface area contributed by atoms with Gasteiger partial charge in [0.15, 0.2) is 5.76 Å². The molecule has 0 bridgehead atoms. The number of aromatic nitrogens is 3. The molecule has 0 unspecified atom stereocenters. The van der Waals surface area contributed by atoms with Crippen LogP contribution >= 0.6 is 11.3 Å². The van der Waals surface area contributed by atoms with E-state index in [0.29, 0.717) is 22.8 Å². The van der Waals surface area contributed by atoms with Crippen LogP contribution < -0.4 is 4.90 Å². The van der Waals surface area contributed by atoms with Crippen molar-refractivity contribution in [2.75, 3.05) is 11.9 Å². The van der Waals surface area contributed by atoms with Crippen molar-refractivity contribution in [1.29, 1.82) is 0 Å². The maximum Gasteiger partial charge on any atom is 0.274 e. The first kappa shape index (κ1) is 14.5. The third-order valence-electron chi connectivity index (χ3n) is 3.46. The van der Waals surface area contributed by atoms with Gasteiger partial charge in [-0.25, -0.2) is 4.98 Å². The molecular weight excluding hydrogens is 300 g/mol. The molecule has 0 spiro atoms. The molecule has 3 heterocycles. The molecule has 7 heteroatoms. The first-order valence-corrected chi connectivity index (χ1v) is 7.67. The Labute approximate surface area is 131 Å². The highest BCUT2D eigenvalue weighted by molar-refractivity contribution is 7.09. The van der Waals surface area contributed by atoms with Crippen molar-refractivity contribution in [3.63, 3.8) is 0 Å². The van der Waals surface area contributed by atoms with Gasteiger partial charge >= 0.3 is 0 Å². The number of hydrogen-bond acceptors (Lipinski definition) is 5. The van der Waals surface area contributed by atoms with Crippen molar-refractivity contribution in [1.82, 2.24) is 15.1 Å². The van der Waals surface area contributed by atoms with E-state index in [-0.39, 0.29) is 5.91 Å². The fourth-order valence-corrected chi connectivity index (χ4v) is 3.02. The van der Waals surface area contributed by atoms with Crippen LogP contribution in [0.4, 0.5) is 5.69 Å². The zero-order valence-electron chi connectivity index (χ0n) is 12.8. The lowest BCUT2D eigenvalue weighted by atomic mass is 10.2. The van der Waals surface area contributed by atoms with Gasteiger partial charge in [-0.05, 0) is 26.8 Å². The summed E-state index contributed by atoms with van der Waals surface area (Å²) in [5.74, 6) is 0.475. The minimum atomic E-state index is -0.146. The summed E-state index contributed by atoms with van der Waals surface area (Å²) in [6.07, 6.45) is 1.79. The monoisotopic (exact) mass is 316 g/mol. The van der Waals surface area contributed by atoms with Crippen LogP contribution in [0.25, 0.3) is 11.3 Å². The molecule has 0 fully saturated rings. The highest BCUT2D eigenvalue weighted by Gasteiger charge is 2.22. The Kier molecular flexibility index (Phi) is 3.58. The normalized spacial score (nSPS) is 10.9. The second kappa shape index (κ2) is 5.42. The number of aromatic amines is 1. The number of aryl methyl sites for hydroxylation is 3. The minimum absolute atomic E-state index is 0.146. The molecule has 0 aliphatic carbocycles. The molecule has 0 aliphatic rings. The molecule has 0 aromatic carbocycles. The number of nitrogens with zero attached hydrogens (tertiary/aromatic N) is 3. The van der Waals surface area contributed by atoms with E-state index in [4.69, 9.17) is 4.52 Å². The van der Waals surface area contributed by atoms with Crippen molar-refractivity contribution >= 4 is 22.9 Å². The third kappa shape index (κ3) is 2.43. The smallest absolute Gasteiger partial charge is 0.274 e. The summed E-state index contributed by atoms with van der Waals surface area (Å²) in [7, 11) is 1.71. The zero-order valence-corrected chi connectivity index (χ0v) is 13.6. The Bertz CT molecular complexity index is 811. The summed E-state index contributed by atoms with van der Waals surface area (Å²) in [6.45, 7) is 5.56. The number of thiazole rings is 1. The van der Waals surface area contributed by atoms with E-state index in [1.807, 2.05) is 25.3 Å². The summed E-state index contributed by atoms with van der Waals surface area (Å²) in [4.78, 5) is 21.6. The molecular formula is C15H16N4O2S. The van der Waals surface area contributed by atoms with E-state index in [1.54, 1.807) is 36.4 Å². The van der Waals surface area contributed by atoms with Crippen LogP contribution in [0, 0.1) is 20.8 Å². The third-order valence-corrected chi connectivity index (χ3v) is 4.24. The number of H-pyrrole nitrogens is 1. The SMILES string of the molecule is Cc1nc(-c2c[nH]c(C(=O)N(C)c3c(C)noc3C)c2)cs1. The van der Waals surface area contributed by atoms with Gasteiger partial charge < -0.3 is 14.4 Å². The molecule has 0 saturated heterocycles. The molecule has 0 saturated carbocycles. The van der Waals surface area contributed by atoms with Crippen LogP contribution in [-0.2, 0) is 0 Å². The summed E-state index contributed by atoms with van der Waals surface area (Å²) in [5, 5.41) is 6.86. The van der Waals surface area contributed by atoms with Gasteiger partial charge in [0.05, 0.1) is 10.7 Å². The number of anilines is 1. The summed E-state index contributed by atoms with van der Waals surface area (Å²) < 4.78 is 5.12. The van der Waals surface area contributed by atoms with Crippen LogP contribution in [0.2, 0.25) is 0 Å². The Hall–Kier alpha value is -2.41. The molecule has 3 aromatic rings. The summed E-state index contributed by atoms with van der Waals surface area (Å²) in [6, 6.07) is 1.81. The molecule has 0 radical (unpaired) electrons. The molecule has 3 rings (SSSR count). The summed E-state index contributed by atoms with van der Waals surface area (Å²) in [5.41, 5.74) is 3.67. The lowest BCUT2D eigenvalue weighted by Crippen LogP contribution is -2.27. The summed E-state index contributed by atoms with van der Waals surface area (Å²) >= 11 is 1.58. The molecule has 3 aromatic heterocycles. The van der Waals surface area contributed by atoms with Gasteiger partial charge in [0.2, 0.25) is 0 Å². The molecule has 1 N–H and O–H groups in total. The van der Waals surface area contributed by atoms with Crippen molar-refractivity contribution in [3.8, 4) is 11.3 Å². The van der Waals surface area contributed by atoms with E-state index in [9.17, 15) is 4.79 Å². The number of carbonyl (C=O) groups excluding carboxylic acids is 1. The van der Waals surface area contributed by atoms with Gasteiger partial charge in [0.25, 0.3) is 5.91 Å². The van der Waals surface area contributed by atoms with E-state index in [2.05, 4.69) is 15.1 Å². The molecule has 22 heavy (non-hydrogen) atoms. The van der Waals surface area contributed by atoms with E-state index < -0.39 is 0 Å². The Morgan fingerprint density at radius 2 is 2.14 bits per heavy atom. The lowest BCUT2D eigenvalue weighted by molar-refractivity contribution is 0.0988. The quantitative estimate of drug-likeness (QED) is 0.804. The van der Waals surface area contributed by atoms with Gasteiger partial charge in [-0.3, -0.25) is 4.79 Å². The molecule has 0 aliphatic heterocycles. The Morgan fingerprint density at radius 3 is 2.73 bits per heavy atom. The Morgan fingerprint density at radius 1 is 1.36 bits per heavy atom. The predicted octanol–water partition coefficient (Wildman–Crippen LogP) is 3.33. The van der Waals surface area contributed by atoms with Gasteiger partial charge in [-0.2, -0.15) is 0 Å². The number of amides is 1. The van der Waals surface area contributed by atoms with Crippen LogP contribution in [0.3, 0.4) is 0 Å². The van der Waals surface area contributed by atoms with Crippen LogP contribution in [0.1, 0.15) is 27.0 Å². The van der Waals surface area contributed by atoms with Crippen LogP contribution in [-0.4, -0.2) is 28.1 Å². The zero-order chi connectivity index (χ0) is 15.9. The maximum atomic E-state index is 12.6. The van der Waals surface area contributed by atoms with Gasteiger partial charge in [0, 0.05) is 24.2 Å². The largest absolute Gasteiger partial charge is 0.359 e. The second-order valence-corrected chi connectivity index (χ2v) is 6.15. The topological polar surface area (TPSA) is 75.0 Å². The van der Waals surface area contributed by atoms with E-state index in [0.717, 1.165) is 16.3 Å². The maximum absolute atomic E-state index is 12.6. The molecule has 1 amide bonds. The fourth-order valence-electron chi connectivity index (χ4n) is 2.40. The van der Waals surface area contributed by atoms with Crippen LogP contribution in [0.15, 0.2) is 22.2 Å². The van der Waals surface area contributed by atoms with Crippen molar-refractivity contribution < 1.29 is 9.32 Å². The average Bonchev–Trinajstić information content (AvgIpc) is 3.18.